The number of anilines is 2. The fraction of sp³-hybridized carbons (Fsp3) is 0.286. The molecule has 2 aromatic heterocycles. The predicted molar refractivity (Wildman–Crippen MR) is 115 cm³/mol. The first-order valence-electron chi connectivity index (χ1n) is 9.82. The second-order valence-corrected chi connectivity index (χ2v) is 8.19. The molecular formula is C21H21F2N5O2S. The second kappa shape index (κ2) is 9.36. The van der Waals surface area contributed by atoms with Gasteiger partial charge in [-0.1, -0.05) is 17.4 Å². The van der Waals surface area contributed by atoms with E-state index in [0.717, 1.165) is 49.4 Å². The number of carbonyl (C=O) groups excluding carboxylic acids is 1. The molecule has 4 rings (SSSR count). The van der Waals surface area contributed by atoms with E-state index in [-0.39, 0.29) is 21.3 Å². The van der Waals surface area contributed by atoms with Crippen molar-refractivity contribution in [2.75, 3.05) is 30.7 Å². The molecule has 3 heterocycles. The standard InChI is InChI=1S/C21H21F2N5O2S/c22-13-2-1-3-14(23)17(13)21-28-18(19(24)31-21)20(29)27-15-10-26-9-6-16(15)30-11-12-4-7-25-8-5-12/h1-3,6,9-10,12,25H,4-5,7-8,11,24H2,(H,27,29). The molecule has 0 bridgehead atoms. The number of aromatic nitrogens is 2. The van der Waals surface area contributed by atoms with Crippen molar-refractivity contribution in [1.29, 1.82) is 0 Å². The quantitative estimate of drug-likeness (QED) is 0.535. The number of benzene rings is 1. The number of hydrogen-bond acceptors (Lipinski definition) is 7. The Hall–Kier alpha value is -3.11. The van der Waals surface area contributed by atoms with Crippen LogP contribution in [0.1, 0.15) is 23.3 Å². The maximum atomic E-state index is 14.1. The maximum absolute atomic E-state index is 14.1. The van der Waals surface area contributed by atoms with E-state index >= 15 is 0 Å². The van der Waals surface area contributed by atoms with Crippen LogP contribution in [0.4, 0.5) is 19.5 Å². The Bertz CT molecular complexity index is 1070. The SMILES string of the molecule is Nc1sc(-c2c(F)cccc2F)nc1C(=O)Nc1cnccc1OCC1CCNCC1. The molecule has 0 unspecified atom stereocenters. The molecular weight excluding hydrogens is 424 g/mol. The molecule has 1 aliphatic rings. The Balaban J connectivity index is 1.51. The lowest BCUT2D eigenvalue weighted by atomic mass is 9.99. The molecule has 1 aromatic carbocycles. The Morgan fingerprint density at radius 1 is 1.26 bits per heavy atom. The van der Waals surface area contributed by atoms with Gasteiger partial charge in [-0.05, 0) is 44.0 Å². The summed E-state index contributed by atoms with van der Waals surface area (Å²) in [6.45, 7) is 2.45. The van der Waals surface area contributed by atoms with Gasteiger partial charge in [0.05, 0.1) is 18.4 Å². The van der Waals surface area contributed by atoms with Gasteiger partial charge in [-0.15, -0.1) is 0 Å². The minimum atomic E-state index is -0.776. The third-order valence-corrected chi connectivity index (χ3v) is 5.91. The third kappa shape index (κ3) is 4.80. The summed E-state index contributed by atoms with van der Waals surface area (Å²) in [4.78, 5) is 20.9. The summed E-state index contributed by atoms with van der Waals surface area (Å²) in [6.07, 6.45) is 5.09. The number of halogens is 2. The minimum absolute atomic E-state index is 0.00758. The summed E-state index contributed by atoms with van der Waals surface area (Å²) < 4.78 is 34.1. The van der Waals surface area contributed by atoms with Gasteiger partial charge in [0.25, 0.3) is 5.91 Å². The van der Waals surface area contributed by atoms with E-state index in [1.54, 1.807) is 12.3 Å². The highest BCUT2D eigenvalue weighted by molar-refractivity contribution is 7.19. The number of nitrogens with two attached hydrogens (primary N) is 1. The van der Waals surface area contributed by atoms with Crippen molar-refractivity contribution < 1.29 is 18.3 Å². The zero-order valence-electron chi connectivity index (χ0n) is 16.5. The van der Waals surface area contributed by atoms with Crippen LogP contribution in [0, 0.1) is 17.6 Å². The molecule has 7 nitrogen and oxygen atoms in total. The molecule has 1 saturated heterocycles. The smallest absolute Gasteiger partial charge is 0.277 e. The van der Waals surface area contributed by atoms with Crippen LogP contribution in [0.3, 0.4) is 0 Å². The summed E-state index contributed by atoms with van der Waals surface area (Å²) in [7, 11) is 0. The molecule has 3 aromatic rings. The number of nitrogen functional groups attached to an aromatic ring is 1. The number of hydrogen-bond donors (Lipinski definition) is 3. The normalized spacial score (nSPS) is 14.4. The lowest BCUT2D eigenvalue weighted by molar-refractivity contribution is 0.102. The monoisotopic (exact) mass is 445 g/mol. The first-order valence-corrected chi connectivity index (χ1v) is 10.6. The van der Waals surface area contributed by atoms with Crippen LogP contribution in [0.2, 0.25) is 0 Å². The first-order chi connectivity index (χ1) is 15.0. The van der Waals surface area contributed by atoms with E-state index in [9.17, 15) is 13.6 Å². The average molecular weight is 445 g/mol. The molecule has 0 aliphatic carbocycles. The van der Waals surface area contributed by atoms with Crippen molar-refractivity contribution in [2.45, 2.75) is 12.8 Å². The molecule has 0 atom stereocenters. The molecule has 162 valence electrons. The average Bonchev–Trinajstić information content (AvgIpc) is 3.15. The minimum Gasteiger partial charge on any atom is -0.491 e. The number of amides is 1. The summed E-state index contributed by atoms with van der Waals surface area (Å²) >= 11 is 0.841. The number of pyridine rings is 1. The summed E-state index contributed by atoms with van der Waals surface area (Å²) in [5.41, 5.74) is 5.86. The Morgan fingerprint density at radius 2 is 2.00 bits per heavy atom. The van der Waals surface area contributed by atoms with Gasteiger partial charge in [-0.3, -0.25) is 9.78 Å². The van der Waals surface area contributed by atoms with E-state index in [1.807, 2.05) is 0 Å². The molecule has 1 amide bonds. The lowest BCUT2D eigenvalue weighted by Crippen LogP contribution is -2.30. The number of carbonyl (C=O) groups is 1. The first kappa shape index (κ1) is 21.1. The highest BCUT2D eigenvalue weighted by Crippen LogP contribution is 2.34. The van der Waals surface area contributed by atoms with Gasteiger partial charge < -0.3 is 21.1 Å². The summed E-state index contributed by atoms with van der Waals surface area (Å²) in [5, 5.41) is 6.04. The van der Waals surface area contributed by atoms with Crippen LogP contribution in [0.25, 0.3) is 10.6 Å². The van der Waals surface area contributed by atoms with Crippen LogP contribution < -0.4 is 21.1 Å². The van der Waals surface area contributed by atoms with E-state index in [0.29, 0.717) is 24.0 Å². The van der Waals surface area contributed by atoms with Crippen molar-refractivity contribution in [3.8, 4) is 16.3 Å². The lowest BCUT2D eigenvalue weighted by Gasteiger charge is -2.23. The van der Waals surface area contributed by atoms with Crippen molar-refractivity contribution in [2.24, 2.45) is 5.92 Å². The van der Waals surface area contributed by atoms with Gasteiger partial charge in [-0.2, -0.15) is 0 Å². The molecule has 0 radical (unpaired) electrons. The molecule has 10 heteroatoms. The number of piperidine rings is 1. The summed E-state index contributed by atoms with van der Waals surface area (Å²) in [5.74, 6) is -1.25. The van der Waals surface area contributed by atoms with Gasteiger partial charge in [0.15, 0.2) is 5.69 Å². The zero-order chi connectivity index (χ0) is 21.8. The fourth-order valence-electron chi connectivity index (χ4n) is 3.34. The molecule has 4 N–H and O–H groups in total. The molecule has 1 aliphatic heterocycles. The third-order valence-electron chi connectivity index (χ3n) is 5.01. The van der Waals surface area contributed by atoms with Gasteiger partial charge in [0.2, 0.25) is 0 Å². The Labute approximate surface area is 181 Å². The second-order valence-electron chi connectivity index (χ2n) is 7.16. The van der Waals surface area contributed by atoms with Gasteiger partial charge in [0, 0.05) is 12.3 Å². The largest absolute Gasteiger partial charge is 0.491 e. The van der Waals surface area contributed by atoms with Crippen molar-refractivity contribution in [3.05, 3.63) is 54.0 Å². The number of nitrogens with one attached hydrogen (secondary N) is 2. The highest BCUT2D eigenvalue weighted by atomic mass is 32.1. The fourth-order valence-corrected chi connectivity index (χ4v) is 4.22. The van der Waals surface area contributed by atoms with Crippen LogP contribution in [-0.4, -0.2) is 35.6 Å². The van der Waals surface area contributed by atoms with Crippen LogP contribution in [0.15, 0.2) is 36.7 Å². The van der Waals surface area contributed by atoms with Crippen molar-refractivity contribution in [3.63, 3.8) is 0 Å². The van der Waals surface area contributed by atoms with E-state index in [2.05, 4.69) is 20.6 Å². The van der Waals surface area contributed by atoms with Crippen molar-refractivity contribution >= 4 is 27.9 Å². The zero-order valence-corrected chi connectivity index (χ0v) is 17.3. The van der Waals surface area contributed by atoms with E-state index in [4.69, 9.17) is 10.5 Å². The van der Waals surface area contributed by atoms with Gasteiger partial charge >= 0.3 is 0 Å². The maximum Gasteiger partial charge on any atom is 0.277 e. The van der Waals surface area contributed by atoms with Crippen LogP contribution in [0.5, 0.6) is 5.75 Å². The van der Waals surface area contributed by atoms with Gasteiger partial charge in [0.1, 0.15) is 33.1 Å². The highest BCUT2D eigenvalue weighted by Gasteiger charge is 2.22. The number of rotatable bonds is 6. The number of thiazole rings is 1. The number of ether oxygens (including phenoxy) is 1. The van der Waals surface area contributed by atoms with Crippen LogP contribution in [-0.2, 0) is 0 Å². The molecule has 31 heavy (non-hydrogen) atoms. The van der Waals surface area contributed by atoms with Gasteiger partial charge in [-0.25, -0.2) is 13.8 Å². The van der Waals surface area contributed by atoms with Crippen LogP contribution >= 0.6 is 11.3 Å². The predicted octanol–water partition coefficient (Wildman–Crippen LogP) is 3.70. The molecule has 1 fully saturated rings. The summed E-state index contributed by atoms with van der Waals surface area (Å²) in [6, 6.07) is 5.17. The topological polar surface area (TPSA) is 102 Å². The molecule has 0 spiro atoms. The Morgan fingerprint density at radius 3 is 2.74 bits per heavy atom. The van der Waals surface area contributed by atoms with E-state index < -0.39 is 17.5 Å². The number of nitrogens with zero attached hydrogens (tertiary/aromatic N) is 2. The van der Waals surface area contributed by atoms with E-state index in [1.165, 1.54) is 12.3 Å². The molecule has 0 saturated carbocycles. The van der Waals surface area contributed by atoms with Crippen molar-refractivity contribution in [1.82, 2.24) is 15.3 Å². The Kier molecular flexibility index (Phi) is 6.38.